The molecule has 1 fully saturated rings. The standard InChI is InChI=1S/C19H24N2OS/c1-13-12-18(16-10-6-7-11-17(16)20-13)21-19(22)14(2)23-15-8-4-3-5-9-15/h6-7,10-12,14-15H,3-5,8-9H2,1-2H3,(H,20,21,22). The summed E-state index contributed by atoms with van der Waals surface area (Å²) in [4.78, 5) is 17.1. The minimum absolute atomic E-state index is 0.0228. The average molecular weight is 328 g/mol. The van der Waals surface area contributed by atoms with Gasteiger partial charge in [-0.25, -0.2) is 0 Å². The molecule has 122 valence electrons. The summed E-state index contributed by atoms with van der Waals surface area (Å²) < 4.78 is 0. The minimum Gasteiger partial charge on any atom is -0.324 e. The number of anilines is 1. The summed E-state index contributed by atoms with van der Waals surface area (Å²) in [6, 6.07) is 9.91. The average Bonchev–Trinajstić information content (AvgIpc) is 2.55. The zero-order chi connectivity index (χ0) is 16.2. The van der Waals surface area contributed by atoms with Gasteiger partial charge in [0, 0.05) is 16.3 Å². The molecule has 0 aliphatic heterocycles. The Labute approximate surface area is 142 Å². The summed E-state index contributed by atoms with van der Waals surface area (Å²) in [6.07, 6.45) is 6.46. The third-order valence-electron chi connectivity index (χ3n) is 4.42. The number of aromatic nitrogens is 1. The molecule has 3 rings (SSSR count). The van der Waals surface area contributed by atoms with Crippen molar-refractivity contribution in [1.82, 2.24) is 4.98 Å². The molecule has 0 radical (unpaired) electrons. The molecule has 1 N–H and O–H groups in total. The molecule has 3 nitrogen and oxygen atoms in total. The van der Waals surface area contributed by atoms with E-state index in [0.29, 0.717) is 5.25 Å². The van der Waals surface area contributed by atoms with Gasteiger partial charge in [-0.1, -0.05) is 37.5 Å². The number of hydrogen-bond donors (Lipinski definition) is 1. The number of nitrogens with one attached hydrogen (secondary N) is 1. The highest BCUT2D eigenvalue weighted by molar-refractivity contribution is 8.01. The molecule has 0 bridgehead atoms. The molecule has 1 aliphatic rings. The van der Waals surface area contributed by atoms with Crippen molar-refractivity contribution in [2.75, 3.05) is 5.32 Å². The van der Waals surface area contributed by atoms with Crippen LogP contribution in [0.3, 0.4) is 0 Å². The molecule has 0 saturated heterocycles. The third kappa shape index (κ3) is 4.05. The first-order valence-electron chi connectivity index (χ1n) is 8.46. The first kappa shape index (κ1) is 16.3. The minimum atomic E-state index is -0.0228. The van der Waals surface area contributed by atoms with Crippen LogP contribution in [0.5, 0.6) is 0 Å². The van der Waals surface area contributed by atoms with Crippen LogP contribution < -0.4 is 5.32 Å². The van der Waals surface area contributed by atoms with Crippen molar-refractivity contribution in [3.63, 3.8) is 0 Å². The number of carbonyl (C=O) groups is 1. The number of fused-ring (bicyclic) bond motifs is 1. The first-order valence-corrected chi connectivity index (χ1v) is 9.40. The topological polar surface area (TPSA) is 42.0 Å². The molecule has 2 aromatic rings. The molecular formula is C19H24N2OS. The van der Waals surface area contributed by atoms with E-state index in [2.05, 4.69) is 10.3 Å². The maximum absolute atomic E-state index is 12.6. The zero-order valence-corrected chi connectivity index (χ0v) is 14.7. The van der Waals surface area contributed by atoms with E-state index in [1.54, 1.807) is 0 Å². The van der Waals surface area contributed by atoms with E-state index in [1.165, 1.54) is 32.1 Å². The summed E-state index contributed by atoms with van der Waals surface area (Å²) in [5, 5.41) is 4.73. The van der Waals surface area contributed by atoms with Gasteiger partial charge in [-0.05, 0) is 38.8 Å². The quantitative estimate of drug-likeness (QED) is 0.864. The highest BCUT2D eigenvalue weighted by atomic mass is 32.2. The largest absolute Gasteiger partial charge is 0.324 e. The summed E-state index contributed by atoms with van der Waals surface area (Å²) in [6.45, 7) is 3.98. The van der Waals surface area contributed by atoms with Gasteiger partial charge < -0.3 is 5.32 Å². The second-order valence-electron chi connectivity index (χ2n) is 6.36. The fourth-order valence-electron chi connectivity index (χ4n) is 3.20. The summed E-state index contributed by atoms with van der Waals surface area (Å²) >= 11 is 1.83. The third-order valence-corrected chi connectivity index (χ3v) is 5.90. The van der Waals surface area contributed by atoms with Crippen LogP contribution in [0, 0.1) is 6.92 Å². The number of aryl methyl sites for hydroxylation is 1. The number of hydrogen-bond acceptors (Lipinski definition) is 3. The normalized spacial score (nSPS) is 17.1. The molecule has 1 aliphatic carbocycles. The predicted molar refractivity (Wildman–Crippen MR) is 99.0 cm³/mol. The monoisotopic (exact) mass is 328 g/mol. The molecule has 1 unspecified atom stereocenters. The van der Waals surface area contributed by atoms with Crippen LogP contribution in [0.2, 0.25) is 0 Å². The lowest BCUT2D eigenvalue weighted by Gasteiger charge is -2.24. The van der Waals surface area contributed by atoms with E-state index >= 15 is 0 Å². The van der Waals surface area contributed by atoms with Crippen LogP contribution in [0.4, 0.5) is 5.69 Å². The van der Waals surface area contributed by atoms with Gasteiger partial charge in [0.2, 0.25) is 5.91 Å². The van der Waals surface area contributed by atoms with Gasteiger partial charge in [0.1, 0.15) is 0 Å². The number of benzene rings is 1. The van der Waals surface area contributed by atoms with Crippen molar-refractivity contribution < 1.29 is 4.79 Å². The maximum Gasteiger partial charge on any atom is 0.237 e. The van der Waals surface area contributed by atoms with Crippen LogP contribution >= 0.6 is 11.8 Å². The van der Waals surface area contributed by atoms with Crippen molar-refractivity contribution in [3.8, 4) is 0 Å². The Bertz CT molecular complexity index is 695. The highest BCUT2D eigenvalue weighted by Crippen LogP contribution is 2.32. The molecule has 1 aromatic heterocycles. The van der Waals surface area contributed by atoms with E-state index in [9.17, 15) is 4.79 Å². The Morgan fingerprint density at radius 1 is 1.26 bits per heavy atom. The lowest BCUT2D eigenvalue weighted by atomic mass is 10.0. The van der Waals surface area contributed by atoms with Gasteiger partial charge in [-0.2, -0.15) is 0 Å². The maximum atomic E-state index is 12.6. The molecule has 1 atom stereocenters. The molecule has 4 heteroatoms. The summed E-state index contributed by atoms with van der Waals surface area (Å²) in [5.74, 6) is 0.0938. The van der Waals surface area contributed by atoms with Crippen LogP contribution in [-0.2, 0) is 4.79 Å². The number of carbonyl (C=O) groups excluding carboxylic acids is 1. The zero-order valence-electron chi connectivity index (χ0n) is 13.8. The number of thioether (sulfide) groups is 1. The van der Waals surface area contributed by atoms with Crippen LogP contribution in [-0.4, -0.2) is 21.4 Å². The first-order chi connectivity index (χ1) is 11.1. The Hall–Kier alpha value is -1.55. The van der Waals surface area contributed by atoms with Gasteiger partial charge in [0.25, 0.3) is 0 Å². The Morgan fingerprint density at radius 3 is 2.78 bits per heavy atom. The lowest BCUT2D eigenvalue weighted by Crippen LogP contribution is -2.25. The van der Waals surface area contributed by atoms with Gasteiger partial charge >= 0.3 is 0 Å². The molecule has 1 saturated carbocycles. The SMILES string of the molecule is Cc1cc(NC(=O)C(C)SC2CCCCC2)c2ccccc2n1. The number of pyridine rings is 1. The van der Waals surface area contributed by atoms with E-state index in [1.807, 2.05) is 55.9 Å². The molecule has 1 aromatic carbocycles. The van der Waals surface area contributed by atoms with E-state index in [0.717, 1.165) is 22.3 Å². The fourth-order valence-corrected chi connectivity index (χ4v) is 4.56. The van der Waals surface area contributed by atoms with Gasteiger partial charge in [-0.3, -0.25) is 9.78 Å². The second kappa shape index (κ2) is 7.35. The molecule has 1 heterocycles. The van der Waals surface area contributed by atoms with Crippen molar-refractivity contribution >= 4 is 34.3 Å². The summed E-state index contributed by atoms with van der Waals surface area (Å²) in [7, 11) is 0. The van der Waals surface area contributed by atoms with Crippen LogP contribution in [0.1, 0.15) is 44.7 Å². The molecular weight excluding hydrogens is 304 g/mol. The number of nitrogens with zero attached hydrogens (tertiary/aromatic N) is 1. The molecule has 0 spiro atoms. The Balaban J connectivity index is 1.72. The number of rotatable bonds is 4. The van der Waals surface area contributed by atoms with Crippen molar-refractivity contribution in [2.45, 2.75) is 56.5 Å². The predicted octanol–water partition coefficient (Wildman–Crippen LogP) is 4.94. The van der Waals surface area contributed by atoms with Crippen molar-refractivity contribution in [2.24, 2.45) is 0 Å². The van der Waals surface area contributed by atoms with E-state index < -0.39 is 0 Å². The van der Waals surface area contributed by atoms with Crippen molar-refractivity contribution in [3.05, 3.63) is 36.0 Å². The van der Waals surface area contributed by atoms with E-state index in [-0.39, 0.29) is 11.2 Å². The molecule has 1 amide bonds. The highest BCUT2D eigenvalue weighted by Gasteiger charge is 2.21. The number of para-hydroxylation sites is 1. The fraction of sp³-hybridized carbons (Fsp3) is 0.474. The van der Waals surface area contributed by atoms with Crippen LogP contribution in [0.15, 0.2) is 30.3 Å². The Kier molecular flexibility index (Phi) is 5.21. The lowest BCUT2D eigenvalue weighted by molar-refractivity contribution is -0.115. The Morgan fingerprint density at radius 2 is 2.00 bits per heavy atom. The van der Waals surface area contributed by atoms with Crippen molar-refractivity contribution in [1.29, 1.82) is 0 Å². The van der Waals surface area contributed by atoms with Gasteiger partial charge in [-0.15, -0.1) is 11.8 Å². The second-order valence-corrected chi connectivity index (χ2v) is 8.00. The number of amides is 1. The molecule has 23 heavy (non-hydrogen) atoms. The summed E-state index contributed by atoms with van der Waals surface area (Å²) in [5.41, 5.74) is 2.72. The van der Waals surface area contributed by atoms with Gasteiger partial charge in [0.05, 0.1) is 16.5 Å². The van der Waals surface area contributed by atoms with Crippen LogP contribution in [0.25, 0.3) is 10.9 Å². The van der Waals surface area contributed by atoms with E-state index in [4.69, 9.17) is 0 Å². The smallest absolute Gasteiger partial charge is 0.237 e. The van der Waals surface area contributed by atoms with Gasteiger partial charge in [0.15, 0.2) is 0 Å².